The molecule has 0 radical (unpaired) electrons. The Labute approximate surface area is 127 Å². The van der Waals surface area contributed by atoms with Gasteiger partial charge in [0.15, 0.2) is 0 Å². The molecule has 0 aromatic heterocycles. The van der Waals surface area contributed by atoms with Crippen LogP contribution in [0.3, 0.4) is 0 Å². The van der Waals surface area contributed by atoms with Crippen LogP contribution in [0.15, 0.2) is 18.2 Å². The van der Waals surface area contributed by atoms with Gasteiger partial charge in [-0.15, -0.1) is 0 Å². The Morgan fingerprint density at radius 1 is 1.48 bits per heavy atom. The molecule has 0 aliphatic heterocycles. The summed E-state index contributed by atoms with van der Waals surface area (Å²) in [5.74, 6) is 0.206. The van der Waals surface area contributed by atoms with Crippen LogP contribution in [0.5, 0.6) is 0 Å². The zero-order valence-corrected chi connectivity index (χ0v) is 12.3. The van der Waals surface area contributed by atoms with Gasteiger partial charge in [0.05, 0.1) is 16.4 Å². The van der Waals surface area contributed by atoms with Gasteiger partial charge in [-0.3, -0.25) is 14.9 Å². The zero-order valence-electron chi connectivity index (χ0n) is 11.5. The molecule has 1 aromatic carbocycles. The Morgan fingerprint density at radius 3 is 2.86 bits per heavy atom. The molecule has 21 heavy (non-hydrogen) atoms. The average Bonchev–Trinajstić information content (AvgIpc) is 2.87. The quantitative estimate of drug-likeness (QED) is 0.642. The van der Waals surface area contributed by atoms with Gasteiger partial charge >= 0.3 is 0 Å². The highest BCUT2D eigenvalue weighted by atomic mass is 35.5. The second-order valence-corrected chi connectivity index (χ2v) is 5.72. The van der Waals surface area contributed by atoms with E-state index in [9.17, 15) is 14.9 Å². The third-order valence-electron chi connectivity index (χ3n) is 3.91. The van der Waals surface area contributed by atoms with Gasteiger partial charge in [0.1, 0.15) is 0 Å². The summed E-state index contributed by atoms with van der Waals surface area (Å²) in [4.78, 5) is 22.2. The van der Waals surface area contributed by atoms with E-state index >= 15 is 0 Å². The number of nitrogens with zero attached hydrogens (tertiary/aromatic N) is 1. The van der Waals surface area contributed by atoms with Crippen molar-refractivity contribution in [3.8, 4) is 0 Å². The highest BCUT2D eigenvalue weighted by molar-refractivity contribution is 6.31. The lowest BCUT2D eigenvalue weighted by Gasteiger charge is -2.19. The summed E-state index contributed by atoms with van der Waals surface area (Å²) in [6, 6.07) is 4.27. The number of hydrogen-bond donors (Lipinski definition) is 2. The van der Waals surface area contributed by atoms with Crippen LogP contribution >= 0.6 is 11.6 Å². The second-order valence-electron chi connectivity index (χ2n) is 5.31. The minimum Gasteiger partial charge on any atom is -0.353 e. The van der Waals surface area contributed by atoms with Crippen molar-refractivity contribution in [1.82, 2.24) is 5.32 Å². The monoisotopic (exact) mass is 311 g/mol. The lowest BCUT2D eigenvalue weighted by atomic mass is 10.0. The number of hydrogen-bond acceptors (Lipinski definition) is 4. The molecule has 0 spiro atoms. The first-order valence-electron chi connectivity index (χ1n) is 6.93. The molecule has 1 aliphatic rings. The van der Waals surface area contributed by atoms with Gasteiger partial charge in [-0.2, -0.15) is 0 Å². The smallest absolute Gasteiger partial charge is 0.270 e. The number of amides is 1. The maximum Gasteiger partial charge on any atom is 0.270 e. The third-order valence-corrected chi connectivity index (χ3v) is 4.26. The van der Waals surface area contributed by atoms with E-state index in [0.29, 0.717) is 18.0 Å². The van der Waals surface area contributed by atoms with Crippen LogP contribution in [0, 0.1) is 16.0 Å². The van der Waals surface area contributed by atoms with Crippen molar-refractivity contribution in [2.45, 2.75) is 31.7 Å². The number of nitro benzene ring substituents is 1. The first-order chi connectivity index (χ1) is 10.0. The molecule has 1 fully saturated rings. The van der Waals surface area contributed by atoms with Crippen LogP contribution in [0.4, 0.5) is 5.69 Å². The number of nitrogens with two attached hydrogens (primary N) is 1. The molecule has 0 bridgehead atoms. The number of non-ortho nitro benzene ring substituents is 1. The summed E-state index contributed by atoms with van der Waals surface area (Å²) in [5.41, 5.74) is 6.19. The van der Waals surface area contributed by atoms with E-state index in [-0.39, 0.29) is 29.1 Å². The normalized spacial score (nSPS) is 21.2. The minimum atomic E-state index is -0.514. The molecule has 6 nitrogen and oxygen atoms in total. The highest BCUT2D eigenvalue weighted by Crippen LogP contribution is 2.26. The summed E-state index contributed by atoms with van der Waals surface area (Å²) in [5, 5.41) is 13.9. The van der Waals surface area contributed by atoms with Gasteiger partial charge in [-0.05, 0) is 30.9 Å². The Morgan fingerprint density at radius 2 is 2.24 bits per heavy atom. The molecule has 0 heterocycles. The molecule has 1 amide bonds. The van der Waals surface area contributed by atoms with Gasteiger partial charge in [-0.25, -0.2) is 0 Å². The first-order valence-corrected chi connectivity index (χ1v) is 7.31. The standard InChI is InChI=1S/C14H18ClN3O3/c15-12-7-11(18(20)21)5-4-9(12)6-14(19)17-13-3-1-2-10(13)8-16/h4-5,7,10,13H,1-3,6,8,16H2,(H,17,19). The van der Waals surface area contributed by atoms with Crippen molar-refractivity contribution < 1.29 is 9.72 Å². The molecular formula is C14H18ClN3O3. The predicted octanol–water partition coefficient (Wildman–Crippen LogP) is 2.03. The lowest BCUT2D eigenvalue weighted by Crippen LogP contribution is -2.40. The van der Waals surface area contributed by atoms with E-state index in [4.69, 9.17) is 17.3 Å². The van der Waals surface area contributed by atoms with E-state index in [1.165, 1.54) is 18.2 Å². The Hall–Kier alpha value is -1.66. The summed E-state index contributed by atoms with van der Waals surface area (Å²) in [6.07, 6.45) is 3.18. The van der Waals surface area contributed by atoms with Crippen LogP contribution < -0.4 is 11.1 Å². The molecule has 114 valence electrons. The first kappa shape index (κ1) is 15.7. The van der Waals surface area contributed by atoms with Crippen LogP contribution in [0.25, 0.3) is 0 Å². The number of nitrogens with one attached hydrogen (secondary N) is 1. The van der Waals surface area contributed by atoms with Crippen molar-refractivity contribution >= 4 is 23.2 Å². The average molecular weight is 312 g/mol. The maximum absolute atomic E-state index is 12.1. The topological polar surface area (TPSA) is 98.3 Å². The number of benzene rings is 1. The minimum absolute atomic E-state index is 0.0804. The van der Waals surface area contributed by atoms with E-state index in [0.717, 1.165) is 19.3 Å². The second kappa shape index (κ2) is 6.87. The number of rotatable bonds is 5. The fourth-order valence-corrected chi connectivity index (χ4v) is 2.97. The number of carbonyl (C=O) groups is 1. The summed E-state index contributed by atoms with van der Waals surface area (Å²) < 4.78 is 0. The highest BCUT2D eigenvalue weighted by Gasteiger charge is 2.27. The largest absolute Gasteiger partial charge is 0.353 e. The van der Waals surface area contributed by atoms with Crippen LogP contribution in [-0.4, -0.2) is 23.4 Å². The summed E-state index contributed by atoms with van der Waals surface area (Å²) in [7, 11) is 0. The fraction of sp³-hybridized carbons (Fsp3) is 0.500. The summed E-state index contributed by atoms with van der Waals surface area (Å²) >= 11 is 5.99. The number of carbonyl (C=O) groups excluding carboxylic acids is 1. The van der Waals surface area contributed by atoms with Crippen molar-refractivity contribution in [1.29, 1.82) is 0 Å². The zero-order chi connectivity index (χ0) is 15.4. The van der Waals surface area contributed by atoms with E-state index < -0.39 is 4.92 Å². The lowest BCUT2D eigenvalue weighted by molar-refractivity contribution is -0.384. The molecule has 2 atom stereocenters. The van der Waals surface area contributed by atoms with Crippen molar-refractivity contribution in [3.05, 3.63) is 38.9 Å². The molecule has 2 rings (SSSR count). The molecule has 1 aliphatic carbocycles. The van der Waals surface area contributed by atoms with Gasteiger partial charge in [0, 0.05) is 18.2 Å². The molecule has 2 unspecified atom stereocenters. The van der Waals surface area contributed by atoms with Gasteiger partial charge in [-0.1, -0.05) is 24.1 Å². The van der Waals surface area contributed by atoms with Crippen LogP contribution in [-0.2, 0) is 11.2 Å². The molecule has 3 N–H and O–H groups in total. The maximum atomic E-state index is 12.1. The van der Waals surface area contributed by atoms with E-state index in [1.54, 1.807) is 0 Å². The van der Waals surface area contributed by atoms with Crippen molar-refractivity contribution in [2.75, 3.05) is 6.54 Å². The van der Waals surface area contributed by atoms with Crippen molar-refractivity contribution in [3.63, 3.8) is 0 Å². The predicted molar refractivity (Wildman–Crippen MR) is 80.1 cm³/mol. The fourth-order valence-electron chi connectivity index (χ4n) is 2.73. The SMILES string of the molecule is NCC1CCCC1NC(=O)Cc1ccc([N+](=O)[O-])cc1Cl. The van der Waals surface area contributed by atoms with Crippen LogP contribution in [0.2, 0.25) is 5.02 Å². The Balaban J connectivity index is 1.98. The number of halogens is 1. The van der Waals surface area contributed by atoms with Gasteiger partial charge in [0.25, 0.3) is 5.69 Å². The molecular weight excluding hydrogens is 294 g/mol. The number of nitro groups is 1. The van der Waals surface area contributed by atoms with Crippen molar-refractivity contribution in [2.24, 2.45) is 11.7 Å². The van der Waals surface area contributed by atoms with E-state index in [1.807, 2.05) is 0 Å². The molecule has 1 saturated carbocycles. The summed E-state index contributed by atoms with van der Waals surface area (Å²) in [6.45, 7) is 0.573. The van der Waals surface area contributed by atoms with E-state index in [2.05, 4.69) is 5.32 Å². The third kappa shape index (κ3) is 3.92. The molecule has 1 aromatic rings. The van der Waals surface area contributed by atoms with Crippen LogP contribution in [0.1, 0.15) is 24.8 Å². The molecule has 7 heteroatoms. The Bertz CT molecular complexity index is 550. The molecule has 0 saturated heterocycles. The van der Waals surface area contributed by atoms with Gasteiger partial charge in [0.2, 0.25) is 5.91 Å². The van der Waals surface area contributed by atoms with Gasteiger partial charge < -0.3 is 11.1 Å². The Kier molecular flexibility index (Phi) is 5.14.